The Hall–Kier alpha value is -2.68. The molecular formula is C21H18Cl2N2O5S. The molecule has 0 aliphatic carbocycles. The number of halogens is 2. The van der Waals surface area contributed by atoms with Gasteiger partial charge in [-0.1, -0.05) is 35.3 Å². The highest BCUT2D eigenvalue weighted by atomic mass is 35.5. The summed E-state index contributed by atoms with van der Waals surface area (Å²) in [6.45, 7) is 0.104. The Morgan fingerprint density at radius 3 is 2.65 bits per heavy atom. The average molecular weight is 481 g/mol. The van der Waals surface area contributed by atoms with Crippen molar-refractivity contribution < 1.29 is 23.9 Å². The van der Waals surface area contributed by atoms with Gasteiger partial charge in [-0.2, -0.15) is 0 Å². The lowest BCUT2D eigenvalue weighted by Gasteiger charge is -2.14. The van der Waals surface area contributed by atoms with Crippen LogP contribution < -0.4 is 14.8 Å². The highest BCUT2D eigenvalue weighted by Crippen LogP contribution is 2.34. The molecule has 0 unspecified atom stereocenters. The van der Waals surface area contributed by atoms with E-state index in [2.05, 4.69) is 5.32 Å². The first-order chi connectivity index (χ1) is 14.8. The summed E-state index contributed by atoms with van der Waals surface area (Å²) in [7, 11) is 2.96. The van der Waals surface area contributed by atoms with E-state index < -0.39 is 17.1 Å². The molecule has 0 saturated carbocycles. The van der Waals surface area contributed by atoms with Gasteiger partial charge in [-0.3, -0.25) is 19.3 Å². The first kappa shape index (κ1) is 23.0. The Labute approximate surface area is 193 Å². The third-order valence-corrected chi connectivity index (χ3v) is 6.16. The standard InChI is InChI=1S/C21H18Cl2N2O5S/c1-29-13-6-7-14(16(11-13)30-2)19(26)24-8-9-25-20(27)17(31-21(25)28)10-12-4-3-5-15(22)18(12)23/h3-7,10-11H,8-9H2,1-2H3,(H,24,26)/b17-10-. The van der Waals surface area contributed by atoms with Crippen LogP contribution >= 0.6 is 35.0 Å². The van der Waals surface area contributed by atoms with Gasteiger partial charge in [0.2, 0.25) is 0 Å². The predicted octanol–water partition coefficient (Wildman–Crippen LogP) is 4.48. The number of thioether (sulfide) groups is 1. The van der Waals surface area contributed by atoms with Crippen LogP contribution in [0.15, 0.2) is 41.3 Å². The van der Waals surface area contributed by atoms with Gasteiger partial charge in [0.1, 0.15) is 11.5 Å². The molecular weight excluding hydrogens is 463 g/mol. The molecule has 0 aromatic heterocycles. The van der Waals surface area contributed by atoms with E-state index in [-0.39, 0.29) is 18.0 Å². The van der Waals surface area contributed by atoms with Gasteiger partial charge in [0.15, 0.2) is 0 Å². The molecule has 162 valence electrons. The number of carbonyl (C=O) groups is 3. The number of nitrogens with one attached hydrogen (secondary N) is 1. The van der Waals surface area contributed by atoms with Crippen LogP contribution in [-0.2, 0) is 4.79 Å². The number of imide groups is 1. The van der Waals surface area contributed by atoms with Gasteiger partial charge in [0.05, 0.1) is 34.7 Å². The maximum atomic E-state index is 12.6. The summed E-state index contributed by atoms with van der Waals surface area (Å²) in [5.74, 6) is 0.0530. The summed E-state index contributed by atoms with van der Waals surface area (Å²) in [6, 6.07) is 9.84. The fourth-order valence-electron chi connectivity index (χ4n) is 2.83. The van der Waals surface area contributed by atoms with Crippen molar-refractivity contribution in [2.75, 3.05) is 27.3 Å². The largest absolute Gasteiger partial charge is 0.497 e. The minimum atomic E-state index is -0.456. The van der Waals surface area contributed by atoms with Gasteiger partial charge in [0.25, 0.3) is 17.1 Å². The van der Waals surface area contributed by atoms with Crippen LogP contribution in [0.4, 0.5) is 4.79 Å². The van der Waals surface area contributed by atoms with Crippen molar-refractivity contribution in [3.8, 4) is 11.5 Å². The van der Waals surface area contributed by atoms with Gasteiger partial charge in [-0.25, -0.2) is 0 Å². The van der Waals surface area contributed by atoms with Crippen molar-refractivity contribution in [1.82, 2.24) is 10.2 Å². The molecule has 0 atom stereocenters. The van der Waals surface area contributed by atoms with Gasteiger partial charge < -0.3 is 14.8 Å². The smallest absolute Gasteiger partial charge is 0.293 e. The number of rotatable bonds is 7. The predicted molar refractivity (Wildman–Crippen MR) is 121 cm³/mol. The van der Waals surface area contributed by atoms with E-state index in [0.717, 1.165) is 16.7 Å². The van der Waals surface area contributed by atoms with Crippen molar-refractivity contribution in [3.05, 3.63) is 62.5 Å². The Balaban J connectivity index is 1.64. The Kier molecular flexibility index (Phi) is 7.48. The highest BCUT2D eigenvalue weighted by molar-refractivity contribution is 8.18. The van der Waals surface area contributed by atoms with Crippen molar-refractivity contribution in [3.63, 3.8) is 0 Å². The first-order valence-electron chi connectivity index (χ1n) is 9.05. The fourth-order valence-corrected chi connectivity index (χ4v) is 4.05. The fraction of sp³-hybridized carbons (Fsp3) is 0.190. The minimum Gasteiger partial charge on any atom is -0.497 e. The molecule has 0 radical (unpaired) electrons. The maximum Gasteiger partial charge on any atom is 0.293 e. The maximum absolute atomic E-state index is 12.6. The van der Waals surface area contributed by atoms with Gasteiger partial charge >= 0.3 is 0 Å². The molecule has 3 rings (SSSR count). The zero-order valence-electron chi connectivity index (χ0n) is 16.6. The van der Waals surface area contributed by atoms with Crippen LogP contribution in [0.25, 0.3) is 6.08 Å². The summed E-state index contributed by atoms with van der Waals surface area (Å²) in [4.78, 5) is 38.7. The van der Waals surface area contributed by atoms with Crippen molar-refractivity contribution in [2.24, 2.45) is 0 Å². The monoisotopic (exact) mass is 480 g/mol. The molecule has 10 heteroatoms. The van der Waals surface area contributed by atoms with Crippen LogP contribution in [0.1, 0.15) is 15.9 Å². The van der Waals surface area contributed by atoms with E-state index in [1.807, 2.05) is 0 Å². The zero-order chi connectivity index (χ0) is 22.5. The Morgan fingerprint density at radius 2 is 1.94 bits per heavy atom. The number of hydrogen-bond donors (Lipinski definition) is 1. The molecule has 2 aromatic rings. The van der Waals surface area contributed by atoms with E-state index in [9.17, 15) is 14.4 Å². The lowest BCUT2D eigenvalue weighted by atomic mass is 10.1. The lowest BCUT2D eigenvalue weighted by Crippen LogP contribution is -2.37. The zero-order valence-corrected chi connectivity index (χ0v) is 18.9. The molecule has 1 fully saturated rings. The SMILES string of the molecule is COc1ccc(C(=O)NCCN2C(=O)S/C(=C\c3cccc(Cl)c3Cl)C2=O)c(OC)c1. The Morgan fingerprint density at radius 1 is 1.16 bits per heavy atom. The van der Waals surface area contributed by atoms with E-state index in [1.165, 1.54) is 20.3 Å². The van der Waals surface area contributed by atoms with E-state index >= 15 is 0 Å². The number of nitrogens with zero attached hydrogens (tertiary/aromatic N) is 1. The van der Waals surface area contributed by atoms with Crippen LogP contribution in [-0.4, -0.2) is 49.3 Å². The molecule has 3 amide bonds. The number of hydrogen-bond acceptors (Lipinski definition) is 6. The van der Waals surface area contributed by atoms with Crippen LogP contribution in [0.5, 0.6) is 11.5 Å². The topological polar surface area (TPSA) is 84.9 Å². The average Bonchev–Trinajstić information content (AvgIpc) is 3.03. The lowest BCUT2D eigenvalue weighted by molar-refractivity contribution is -0.122. The van der Waals surface area contributed by atoms with Crippen molar-refractivity contribution >= 4 is 58.1 Å². The van der Waals surface area contributed by atoms with Crippen molar-refractivity contribution in [2.45, 2.75) is 0 Å². The number of methoxy groups -OCH3 is 2. The van der Waals surface area contributed by atoms with Gasteiger partial charge in [-0.15, -0.1) is 0 Å². The number of benzene rings is 2. The summed E-state index contributed by atoms with van der Waals surface area (Å²) in [5, 5.41) is 2.92. The molecule has 7 nitrogen and oxygen atoms in total. The third kappa shape index (κ3) is 5.15. The number of ether oxygens (including phenoxy) is 2. The summed E-state index contributed by atoms with van der Waals surface area (Å²) in [6.07, 6.45) is 1.53. The highest BCUT2D eigenvalue weighted by Gasteiger charge is 2.34. The summed E-state index contributed by atoms with van der Waals surface area (Å²) < 4.78 is 10.3. The molecule has 31 heavy (non-hydrogen) atoms. The summed E-state index contributed by atoms with van der Waals surface area (Å²) in [5.41, 5.74) is 0.854. The second-order valence-corrected chi connectivity index (χ2v) is 8.08. The van der Waals surface area contributed by atoms with E-state index in [1.54, 1.807) is 36.4 Å². The normalized spacial score (nSPS) is 14.8. The van der Waals surface area contributed by atoms with Crippen LogP contribution in [0.2, 0.25) is 10.0 Å². The van der Waals surface area contributed by atoms with Gasteiger partial charge in [0, 0.05) is 19.2 Å². The number of carbonyl (C=O) groups excluding carboxylic acids is 3. The molecule has 1 heterocycles. The molecule has 2 aromatic carbocycles. The Bertz CT molecular complexity index is 1070. The van der Waals surface area contributed by atoms with Gasteiger partial charge in [-0.05, 0) is 41.6 Å². The molecule has 1 aliphatic rings. The number of amides is 3. The minimum absolute atomic E-state index is 0.0233. The summed E-state index contributed by atoms with van der Waals surface area (Å²) >= 11 is 13.0. The second-order valence-electron chi connectivity index (χ2n) is 6.30. The third-order valence-electron chi connectivity index (χ3n) is 4.42. The quantitative estimate of drug-likeness (QED) is 0.588. The van der Waals surface area contributed by atoms with Crippen molar-refractivity contribution in [1.29, 1.82) is 0 Å². The van der Waals surface area contributed by atoms with Crippen LogP contribution in [0.3, 0.4) is 0 Å². The molecule has 1 saturated heterocycles. The molecule has 0 spiro atoms. The first-order valence-corrected chi connectivity index (χ1v) is 10.6. The van der Waals surface area contributed by atoms with E-state index in [0.29, 0.717) is 32.7 Å². The second kappa shape index (κ2) is 10.1. The molecule has 0 bridgehead atoms. The molecule has 1 aliphatic heterocycles. The van der Waals surface area contributed by atoms with E-state index in [4.69, 9.17) is 32.7 Å². The molecule has 1 N–H and O–H groups in total. The van der Waals surface area contributed by atoms with Crippen LogP contribution in [0, 0.1) is 0 Å².